The number of rotatable bonds is 8. The normalized spacial score (nSPS) is 17.4. The zero-order chi connectivity index (χ0) is 28.6. The van der Waals surface area contributed by atoms with Crippen LogP contribution in [0.5, 0.6) is 0 Å². The first kappa shape index (κ1) is 29.9. The molecule has 39 heavy (non-hydrogen) atoms. The van der Waals surface area contributed by atoms with Gasteiger partial charge in [0, 0.05) is 6.20 Å². The first-order valence-electron chi connectivity index (χ1n) is 13.0. The zero-order valence-electron chi connectivity index (χ0n) is 23.6. The van der Waals surface area contributed by atoms with Crippen LogP contribution in [0.25, 0.3) is 0 Å². The lowest BCUT2D eigenvalue weighted by atomic mass is 10.2. The maximum Gasteiger partial charge on any atom is 0.416 e. The predicted octanol–water partition coefficient (Wildman–Crippen LogP) is 4.96. The summed E-state index contributed by atoms with van der Waals surface area (Å²) in [4.78, 5) is 45.9. The first-order valence-corrected chi connectivity index (χ1v) is 13.0. The van der Waals surface area contributed by atoms with E-state index in [1.54, 1.807) is 65.9 Å². The van der Waals surface area contributed by atoms with Crippen LogP contribution in [0.2, 0.25) is 0 Å². The molecule has 0 N–H and O–H groups in total. The van der Waals surface area contributed by atoms with E-state index in [-0.39, 0.29) is 26.3 Å². The molecule has 2 atom stereocenters. The average molecular weight is 542 g/mol. The number of anilines is 1. The second-order valence-corrected chi connectivity index (χ2v) is 11.4. The van der Waals surface area contributed by atoms with Crippen LogP contribution in [-0.4, -0.2) is 71.1 Å². The maximum atomic E-state index is 13.2. The number of hydrogen-bond acceptors (Lipinski definition) is 8. The highest BCUT2D eigenvalue weighted by Gasteiger charge is 2.40. The van der Waals surface area contributed by atoms with Gasteiger partial charge in [0.25, 0.3) is 0 Å². The highest BCUT2D eigenvalue weighted by molar-refractivity contribution is 5.87. The molecule has 2 aromatic rings. The number of likely N-dealkylation sites (tertiary alicyclic amines) is 1. The summed E-state index contributed by atoms with van der Waals surface area (Å²) in [5, 5.41) is 0. The molecule has 2 heterocycles. The number of ether oxygens (including phenoxy) is 4. The van der Waals surface area contributed by atoms with Crippen LogP contribution in [0, 0.1) is 0 Å². The van der Waals surface area contributed by atoms with Crippen molar-refractivity contribution in [3.05, 3.63) is 60.3 Å². The van der Waals surface area contributed by atoms with Gasteiger partial charge in [-0.3, -0.25) is 4.90 Å². The highest BCUT2D eigenvalue weighted by Crippen LogP contribution is 2.26. The van der Waals surface area contributed by atoms with Crippen molar-refractivity contribution in [3.63, 3.8) is 0 Å². The molecule has 1 saturated heterocycles. The van der Waals surface area contributed by atoms with E-state index >= 15 is 0 Å². The fourth-order valence-electron chi connectivity index (χ4n) is 4.05. The average Bonchev–Trinajstić information content (AvgIpc) is 3.26. The van der Waals surface area contributed by atoms with Gasteiger partial charge in [0.2, 0.25) is 0 Å². The van der Waals surface area contributed by atoms with E-state index in [0.717, 1.165) is 5.56 Å². The fraction of sp³-hybridized carbons (Fsp3) is 0.517. The van der Waals surface area contributed by atoms with E-state index in [1.165, 1.54) is 9.80 Å². The van der Waals surface area contributed by atoms with E-state index in [1.807, 2.05) is 30.3 Å². The minimum Gasteiger partial charge on any atom is -0.458 e. The molecule has 0 spiro atoms. The third kappa shape index (κ3) is 9.86. The fourth-order valence-corrected chi connectivity index (χ4v) is 4.05. The van der Waals surface area contributed by atoms with Crippen LogP contribution >= 0.6 is 0 Å². The largest absolute Gasteiger partial charge is 0.458 e. The van der Waals surface area contributed by atoms with Gasteiger partial charge in [0.1, 0.15) is 30.2 Å². The SMILES string of the molecule is CC(C)(C)OC(=O)COC1CC(CN(C(=O)OC(C)(C)C)c2ccccn2)N(C(=O)OCc2ccccc2)C1. The number of pyridine rings is 1. The molecule has 0 aliphatic carbocycles. The van der Waals surface area contributed by atoms with Gasteiger partial charge in [-0.25, -0.2) is 19.4 Å². The van der Waals surface area contributed by atoms with Crippen LogP contribution in [-0.2, 0) is 30.3 Å². The Morgan fingerprint density at radius 3 is 2.23 bits per heavy atom. The van der Waals surface area contributed by atoms with Crippen LogP contribution in [0.1, 0.15) is 53.5 Å². The molecule has 1 aliphatic heterocycles. The topological polar surface area (TPSA) is 108 Å². The molecule has 0 bridgehead atoms. The summed E-state index contributed by atoms with van der Waals surface area (Å²) in [6, 6.07) is 14.1. The van der Waals surface area contributed by atoms with Crippen molar-refractivity contribution >= 4 is 24.0 Å². The summed E-state index contributed by atoms with van der Waals surface area (Å²) in [7, 11) is 0. The predicted molar refractivity (Wildman–Crippen MR) is 145 cm³/mol. The van der Waals surface area contributed by atoms with Gasteiger partial charge < -0.3 is 23.8 Å². The van der Waals surface area contributed by atoms with Crippen LogP contribution in [0.3, 0.4) is 0 Å². The second kappa shape index (κ2) is 12.9. The molecule has 0 radical (unpaired) electrons. The Kier molecular flexibility index (Phi) is 9.91. The number of aromatic nitrogens is 1. The summed E-state index contributed by atoms with van der Waals surface area (Å²) in [5.41, 5.74) is -0.515. The molecule has 1 fully saturated rings. The van der Waals surface area contributed by atoms with Crippen LogP contribution < -0.4 is 4.90 Å². The van der Waals surface area contributed by atoms with Crippen molar-refractivity contribution < 1.29 is 33.3 Å². The van der Waals surface area contributed by atoms with E-state index in [9.17, 15) is 14.4 Å². The molecule has 10 nitrogen and oxygen atoms in total. The highest BCUT2D eigenvalue weighted by atomic mass is 16.6. The molecule has 1 aliphatic rings. The second-order valence-electron chi connectivity index (χ2n) is 11.4. The van der Waals surface area contributed by atoms with E-state index in [2.05, 4.69) is 4.98 Å². The van der Waals surface area contributed by atoms with E-state index < -0.39 is 41.5 Å². The van der Waals surface area contributed by atoms with Crippen molar-refractivity contribution in [1.82, 2.24) is 9.88 Å². The number of hydrogen-bond donors (Lipinski definition) is 0. The first-order chi connectivity index (χ1) is 18.3. The van der Waals surface area contributed by atoms with Gasteiger partial charge >= 0.3 is 18.2 Å². The van der Waals surface area contributed by atoms with E-state index in [0.29, 0.717) is 12.2 Å². The molecule has 1 aromatic heterocycles. The molecule has 1 aromatic carbocycles. The quantitative estimate of drug-likeness (QED) is 0.341. The van der Waals surface area contributed by atoms with Crippen molar-refractivity contribution in [3.8, 4) is 0 Å². The molecule has 212 valence electrons. The standard InChI is InChI=1S/C29H39N3O7/c1-28(2,3)38-25(33)20-36-23-16-22(31(18-23)26(34)37-19-21-12-8-7-9-13-21)17-32(24-14-10-11-15-30-24)27(35)39-29(4,5)6/h7-15,22-23H,16-20H2,1-6H3. The number of carbonyl (C=O) groups excluding carboxylic acids is 3. The lowest BCUT2D eigenvalue weighted by Crippen LogP contribution is -2.47. The number of carbonyl (C=O) groups is 3. The Labute approximate surface area is 230 Å². The number of amides is 2. The van der Waals surface area contributed by atoms with Crippen molar-refractivity contribution in [2.75, 3.05) is 24.6 Å². The van der Waals surface area contributed by atoms with Gasteiger partial charge in [-0.1, -0.05) is 36.4 Å². The Bertz CT molecular complexity index is 1100. The minimum absolute atomic E-state index is 0.0959. The minimum atomic E-state index is -0.729. The van der Waals surface area contributed by atoms with Crippen LogP contribution in [0.4, 0.5) is 15.4 Å². The lowest BCUT2D eigenvalue weighted by Gasteiger charge is -2.31. The zero-order valence-corrected chi connectivity index (χ0v) is 23.6. The summed E-state index contributed by atoms with van der Waals surface area (Å²) in [6.45, 7) is 10.8. The monoisotopic (exact) mass is 541 g/mol. The summed E-state index contributed by atoms with van der Waals surface area (Å²) < 4.78 is 22.4. The lowest BCUT2D eigenvalue weighted by molar-refractivity contribution is -0.162. The van der Waals surface area contributed by atoms with Gasteiger partial charge in [-0.2, -0.15) is 0 Å². The molecule has 2 amide bonds. The Morgan fingerprint density at radius 2 is 1.62 bits per heavy atom. The Hall–Kier alpha value is -3.66. The van der Waals surface area contributed by atoms with Gasteiger partial charge in [-0.15, -0.1) is 0 Å². The van der Waals surface area contributed by atoms with E-state index in [4.69, 9.17) is 18.9 Å². The number of benzene rings is 1. The Morgan fingerprint density at radius 1 is 0.949 bits per heavy atom. The van der Waals surface area contributed by atoms with Crippen molar-refractivity contribution in [2.24, 2.45) is 0 Å². The van der Waals surface area contributed by atoms with Gasteiger partial charge in [0.15, 0.2) is 0 Å². The Balaban J connectivity index is 1.77. The third-order valence-electron chi connectivity index (χ3n) is 5.61. The van der Waals surface area contributed by atoms with Gasteiger partial charge in [-0.05, 0) is 65.7 Å². The molecule has 2 unspecified atom stereocenters. The molecular weight excluding hydrogens is 502 g/mol. The molecule has 3 rings (SSSR count). The third-order valence-corrected chi connectivity index (χ3v) is 5.61. The summed E-state index contributed by atoms with van der Waals surface area (Å²) in [5.74, 6) is -0.101. The van der Waals surface area contributed by atoms with Crippen molar-refractivity contribution in [1.29, 1.82) is 0 Å². The summed E-state index contributed by atoms with van der Waals surface area (Å²) in [6.07, 6.45) is 0.361. The smallest absolute Gasteiger partial charge is 0.416 e. The summed E-state index contributed by atoms with van der Waals surface area (Å²) >= 11 is 0. The van der Waals surface area contributed by atoms with Gasteiger partial charge in [0.05, 0.1) is 25.2 Å². The van der Waals surface area contributed by atoms with Crippen LogP contribution in [0.15, 0.2) is 54.7 Å². The number of esters is 1. The van der Waals surface area contributed by atoms with Crippen molar-refractivity contribution in [2.45, 2.75) is 77.9 Å². The molecule has 10 heteroatoms. The molecule has 0 saturated carbocycles. The number of nitrogens with zero attached hydrogens (tertiary/aromatic N) is 3. The maximum absolute atomic E-state index is 13.2. The molecular formula is C29H39N3O7.